The van der Waals surface area contributed by atoms with Gasteiger partial charge in [-0.05, 0) is 24.6 Å². The van der Waals surface area contributed by atoms with Crippen molar-refractivity contribution in [3.05, 3.63) is 34.9 Å². The van der Waals surface area contributed by atoms with Crippen LogP contribution in [-0.2, 0) is 15.1 Å². The molecular weight excluding hydrogens is 336 g/mol. The van der Waals surface area contributed by atoms with Crippen molar-refractivity contribution in [1.82, 2.24) is 20.4 Å². The van der Waals surface area contributed by atoms with E-state index in [9.17, 15) is 19.2 Å². The number of hydrogen-bond donors (Lipinski definition) is 2. The molecule has 2 saturated heterocycles. The minimum atomic E-state index is -1.28. The monoisotopic (exact) mass is 350 g/mol. The average Bonchev–Trinajstić information content (AvgIpc) is 3.05. The molecule has 24 heavy (non-hydrogen) atoms. The van der Waals surface area contributed by atoms with E-state index in [1.807, 2.05) is 0 Å². The summed E-state index contributed by atoms with van der Waals surface area (Å²) in [6.07, 6.45) is 0. The highest BCUT2D eigenvalue weighted by Crippen LogP contribution is 2.29. The van der Waals surface area contributed by atoms with Crippen LogP contribution in [0.1, 0.15) is 12.5 Å². The number of benzene rings is 1. The highest BCUT2D eigenvalue weighted by molar-refractivity contribution is 6.30. The van der Waals surface area contributed by atoms with Gasteiger partial charge in [-0.1, -0.05) is 23.7 Å². The number of imide groups is 2. The number of urea groups is 2. The predicted molar refractivity (Wildman–Crippen MR) is 84.2 cm³/mol. The maximum absolute atomic E-state index is 12.7. The third-order valence-electron chi connectivity index (χ3n) is 4.15. The van der Waals surface area contributed by atoms with Crippen molar-refractivity contribution >= 4 is 35.5 Å². The van der Waals surface area contributed by atoms with Crippen molar-refractivity contribution in [2.45, 2.75) is 12.5 Å². The van der Waals surface area contributed by atoms with E-state index in [0.717, 1.165) is 9.80 Å². The van der Waals surface area contributed by atoms with Crippen LogP contribution in [0.3, 0.4) is 0 Å². The van der Waals surface area contributed by atoms with Crippen molar-refractivity contribution in [2.24, 2.45) is 0 Å². The van der Waals surface area contributed by atoms with Gasteiger partial charge in [-0.2, -0.15) is 0 Å². The van der Waals surface area contributed by atoms with Crippen LogP contribution < -0.4 is 10.6 Å². The van der Waals surface area contributed by atoms with Gasteiger partial charge in [0.25, 0.3) is 11.8 Å². The van der Waals surface area contributed by atoms with Crippen LogP contribution in [0.25, 0.3) is 0 Å². The third-order valence-corrected chi connectivity index (χ3v) is 4.40. The molecule has 2 N–H and O–H groups in total. The van der Waals surface area contributed by atoms with Gasteiger partial charge < -0.3 is 10.6 Å². The molecule has 126 valence electrons. The van der Waals surface area contributed by atoms with E-state index < -0.39 is 36.0 Å². The Bertz CT molecular complexity index is 735. The molecule has 0 aromatic heterocycles. The van der Waals surface area contributed by atoms with E-state index in [-0.39, 0.29) is 6.54 Å². The predicted octanol–water partition coefficient (Wildman–Crippen LogP) is 0.659. The average molecular weight is 351 g/mol. The first-order valence-electron chi connectivity index (χ1n) is 7.31. The molecule has 3 rings (SSSR count). The summed E-state index contributed by atoms with van der Waals surface area (Å²) in [7, 11) is 0. The van der Waals surface area contributed by atoms with Gasteiger partial charge in [-0.15, -0.1) is 0 Å². The lowest BCUT2D eigenvalue weighted by Gasteiger charge is -2.22. The number of hydrogen-bond acceptors (Lipinski definition) is 4. The van der Waals surface area contributed by atoms with Crippen LogP contribution in [0, 0.1) is 0 Å². The van der Waals surface area contributed by atoms with E-state index in [0.29, 0.717) is 17.1 Å². The molecule has 0 bridgehead atoms. The number of carbonyl (C=O) groups excluding carboxylic acids is 4. The Morgan fingerprint density at radius 2 is 1.88 bits per heavy atom. The lowest BCUT2D eigenvalue weighted by atomic mass is 9.92. The minimum Gasteiger partial charge on any atom is -0.336 e. The Morgan fingerprint density at radius 3 is 2.46 bits per heavy atom. The number of rotatable bonds is 3. The summed E-state index contributed by atoms with van der Waals surface area (Å²) < 4.78 is 0. The Labute approximate surface area is 142 Å². The van der Waals surface area contributed by atoms with Crippen LogP contribution >= 0.6 is 11.6 Å². The molecule has 1 aromatic rings. The normalized spacial score (nSPS) is 23.5. The summed E-state index contributed by atoms with van der Waals surface area (Å²) >= 11 is 5.84. The van der Waals surface area contributed by atoms with Crippen LogP contribution in [0.15, 0.2) is 24.3 Å². The molecule has 1 atom stereocenters. The maximum Gasteiger partial charge on any atom is 0.325 e. The Hall–Kier alpha value is -2.61. The second-order valence-corrected chi connectivity index (χ2v) is 6.17. The number of carbonyl (C=O) groups is 4. The fraction of sp³-hybridized carbons (Fsp3) is 0.333. The Morgan fingerprint density at radius 1 is 1.21 bits per heavy atom. The van der Waals surface area contributed by atoms with Gasteiger partial charge in [0.05, 0.1) is 0 Å². The molecule has 6 amide bonds. The zero-order chi connectivity index (χ0) is 17.5. The zero-order valence-electron chi connectivity index (χ0n) is 12.8. The van der Waals surface area contributed by atoms with Gasteiger partial charge in [0.15, 0.2) is 0 Å². The lowest BCUT2D eigenvalue weighted by molar-refractivity contribution is -0.137. The van der Waals surface area contributed by atoms with E-state index in [4.69, 9.17) is 11.6 Å². The van der Waals surface area contributed by atoms with E-state index in [1.54, 1.807) is 31.2 Å². The first kappa shape index (κ1) is 16.3. The summed E-state index contributed by atoms with van der Waals surface area (Å²) in [5.74, 6) is -1.16. The molecule has 2 heterocycles. The molecule has 1 aromatic carbocycles. The van der Waals surface area contributed by atoms with E-state index in [1.165, 1.54) is 0 Å². The second kappa shape index (κ2) is 5.79. The van der Waals surface area contributed by atoms with Gasteiger partial charge in [-0.3, -0.25) is 19.4 Å². The van der Waals surface area contributed by atoms with Gasteiger partial charge in [0.2, 0.25) is 0 Å². The first-order chi connectivity index (χ1) is 11.3. The molecule has 0 saturated carbocycles. The van der Waals surface area contributed by atoms with Crippen molar-refractivity contribution in [2.75, 3.05) is 19.6 Å². The largest absolute Gasteiger partial charge is 0.336 e. The van der Waals surface area contributed by atoms with E-state index >= 15 is 0 Å². The number of amides is 6. The van der Waals surface area contributed by atoms with Crippen molar-refractivity contribution in [3.63, 3.8) is 0 Å². The maximum atomic E-state index is 12.7. The zero-order valence-corrected chi connectivity index (χ0v) is 13.6. The quantitative estimate of drug-likeness (QED) is 0.782. The summed E-state index contributed by atoms with van der Waals surface area (Å²) in [4.78, 5) is 50.3. The smallest absolute Gasteiger partial charge is 0.325 e. The fourth-order valence-corrected chi connectivity index (χ4v) is 2.88. The Balaban J connectivity index is 1.80. The Kier molecular flexibility index (Phi) is 3.92. The molecule has 8 nitrogen and oxygen atoms in total. The highest BCUT2D eigenvalue weighted by atomic mass is 35.5. The fourth-order valence-electron chi connectivity index (χ4n) is 2.75. The SMILES string of the molecule is CC1(c2ccc(Cl)cc2)NC(=O)N(CC(=O)N2CCNC2=O)C1=O. The molecule has 9 heteroatoms. The molecule has 2 aliphatic heterocycles. The van der Waals surface area contributed by atoms with Crippen LogP contribution in [0.4, 0.5) is 9.59 Å². The number of nitrogens with zero attached hydrogens (tertiary/aromatic N) is 2. The topological polar surface area (TPSA) is 98.8 Å². The molecule has 2 fully saturated rings. The minimum absolute atomic E-state index is 0.218. The van der Waals surface area contributed by atoms with Gasteiger partial charge in [0.1, 0.15) is 12.1 Å². The summed E-state index contributed by atoms with van der Waals surface area (Å²) in [5, 5.41) is 5.60. The molecule has 2 aliphatic rings. The van der Waals surface area contributed by atoms with Crippen molar-refractivity contribution in [1.29, 1.82) is 0 Å². The van der Waals surface area contributed by atoms with Crippen molar-refractivity contribution < 1.29 is 19.2 Å². The standard InChI is InChI=1S/C15H15ClN4O4/c1-15(9-2-4-10(16)5-3-9)12(22)20(14(24)18-15)8-11(21)19-7-6-17-13(19)23/h2-5H,6-8H2,1H3,(H,17,23)(H,18,24). The van der Waals surface area contributed by atoms with Crippen LogP contribution in [0.2, 0.25) is 5.02 Å². The molecule has 1 unspecified atom stereocenters. The summed E-state index contributed by atoms with van der Waals surface area (Å²) in [6.45, 7) is 1.65. The highest BCUT2D eigenvalue weighted by Gasteiger charge is 2.50. The van der Waals surface area contributed by atoms with Crippen molar-refractivity contribution in [3.8, 4) is 0 Å². The molecule has 0 aliphatic carbocycles. The summed E-state index contributed by atoms with van der Waals surface area (Å²) in [5.41, 5.74) is -0.728. The molecular formula is C15H15ClN4O4. The first-order valence-corrected chi connectivity index (χ1v) is 7.69. The summed E-state index contributed by atoms with van der Waals surface area (Å²) in [6, 6.07) is 5.31. The van der Waals surface area contributed by atoms with E-state index in [2.05, 4.69) is 10.6 Å². The number of halogens is 1. The molecule has 0 radical (unpaired) electrons. The lowest BCUT2D eigenvalue weighted by Crippen LogP contribution is -2.45. The van der Waals surface area contributed by atoms with Crippen LogP contribution in [-0.4, -0.2) is 53.3 Å². The molecule has 0 spiro atoms. The van der Waals surface area contributed by atoms with Gasteiger partial charge in [0, 0.05) is 18.1 Å². The van der Waals surface area contributed by atoms with Crippen LogP contribution in [0.5, 0.6) is 0 Å². The third kappa shape index (κ3) is 2.58. The van der Waals surface area contributed by atoms with Gasteiger partial charge in [-0.25, -0.2) is 9.59 Å². The second-order valence-electron chi connectivity index (χ2n) is 5.73. The number of nitrogens with one attached hydrogen (secondary N) is 2. The van der Waals surface area contributed by atoms with Gasteiger partial charge >= 0.3 is 12.1 Å².